The molecule has 0 radical (unpaired) electrons. The summed E-state index contributed by atoms with van der Waals surface area (Å²) in [4.78, 5) is 0. The quantitative estimate of drug-likeness (QED) is 0.774. The molecule has 16 heavy (non-hydrogen) atoms. The second-order valence-electron chi connectivity index (χ2n) is 5.36. The van der Waals surface area contributed by atoms with E-state index in [1.807, 2.05) is 0 Å². The van der Waals surface area contributed by atoms with Crippen LogP contribution in [0.4, 0.5) is 0 Å². The Kier molecular flexibility index (Phi) is 2.68. The van der Waals surface area contributed by atoms with Crippen molar-refractivity contribution in [3.63, 3.8) is 0 Å². The summed E-state index contributed by atoms with van der Waals surface area (Å²) in [6, 6.07) is 8.79. The standard InChI is InChI=1S/C14H18ClN/c15-9-14(5-6-14)10-16-8-12-7-11-3-1-2-4-13(11)12/h1-4,12,16H,5-10H2. The summed E-state index contributed by atoms with van der Waals surface area (Å²) in [7, 11) is 0. The maximum atomic E-state index is 5.96. The molecule has 0 saturated heterocycles. The van der Waals surface area contributed by atoms with Gasteiger partial charge in [0, 0.05) is 24.9 Å². The number of alkyl halides is 1. The van der Waals surface area contributed by atoms with Crippen LogP contribution >= 0.6 is 11.6 Å². The zero-order valence-corrected chi connectivity index (χ0v) is 10.3. The third-order valence-electron chi connectivity index (χ3n) is 4.09. The smallest absolute Gasteiger partial charge is 0.0292 e. The van der Waals surface area contributed by atoms with Crippen LogP contribution in [0.1, 0.15) is 29.9 Å². The van der Waals surface area contributed by atoms with Gasteiger partial charge in [-0.2, -0.15) is 0 Å². The minimum Gasteiger partial charge on any atom is -0.316 e. The van der Waals surface area contributed by atoms with Gasteiger partial charge < -0.3 is 5.32 Å². The number of benzene rings is 1. The monoisotopic (exact) mass is 235 g/mol. The van der Waals surface area contributed by atoms with Gasteiger partial charge in [-0.05, 0) is 35.8 Å². The number of hydrogen-bond donors (Lipinski definition) is 1. The van der Waals surface area contributed by atoms with Gasteiger partial charge in [-0.3, -0.25) is 0 Å². The predicted octanol–water partition coefficient (Wildman–Crippen LogP) is 2.93. The second-order valence-corrected chi connectivity index (χ2v) is 5.63. The number of halogens is 1. The Morgan fingerprint density at radius 1 is 1.31 bits per heavy atom. The van der Waals surface area contributed by atoms with Gasteiger partial charge in [0.2, 0.25) is 0 Å². The number of hydrogen-bond acceptors (Lipinski definition) is 1. The molecule has 0 amide bonds. The van der Waals surface area contributed by atoms with E-state index in [-0.39, 0.29) is 0 Å². The number of rotatable bonds is 5. The lowest BCUT2D eigenvalue weighted by atomic mass is 9.77. The average Bonchev–Trinajstić information content (AvgIpc) is 3.06. The Balaban J connectivity index is 1.48. The van der Waals surface area contributed by atoms with E-state index in [4.69, 9.17) is 11.6 Å². The molecule has 3 rings (SSSR count). The molecule has 86 valence electrons. The van der Waals surface area contributed by atoms with E-state index < -0.39 is 0 Å². The molecule has 1 N–H and O–H groups in total. The highest BCUT2D eigenvalue weighted by Gasteiger charge is 2.41. The van der Waals surface area contributed by atoms with E-state index in [1.54, 1.807) is 5.56 Å². The summed E-state index contributed by atoms with van der Waals surface area (Å²) in [5.74, 6) is 1.56. The van der Waals surface area contributed by atoms with Crippen molar-refractivity contribution in [3.8, 4) is 0 Å². The average molecular weight is 236 g/mol. The molecule has 1 aromatic carbocycles. The molecule has 1 fully saturated rings. The summed E-state index contributed by atoms with van der Waals surface area (Å²) in [6.07, 6.45) is 3.87. The molecule has 0 bridgehead atoms. The maximum absolute atomic E-state index is 5.96. The van der Waals surface area contributed by atoms with Crippen LogP contribution in [-0.4, -0.2) is 19.0 Å². The molecule has 1 unspecified atom stereocenters. The Morgan fingerprint density at radius 3 is 2.81 bits per heavy atom. The second kappa shape index (κ2) is 4.05. The Labute approximate surface area is 102 Å². The first-order chi connectivity index (χ1) is 7.83. The molecule has 2 aliphatic carbocycles. The van der Waals surface area contributed by atoms with Gasteiger partial charge in [-0.25, -0.2) is 0 Å². The molecule has 1 atom stereocenters. The zero-order valence-electron chi connectivity index (χ0n) is 9.51. The predicted molar refractivity (Wildman–Crippen MR) is 68.1 cm³/mol. The third kappa shape index (κ3) is 1.87. The molecule has 0 aromatic heterocycles. The van der Waals surface area contributed by atoms with Crippen LogP contribution in [0.3, 0.4) is 0 Å². The van der Waals surface area contributed by atoms with Crippen molar-refractivity contribution in [3.05, 3.63) is 35.4 Å². The molecule has 2 heteroatoms. The molecular formula is C14H18ClN. The minimum atomic E-state index is 0.449. The first-order valence-corrected chi connectivity index (χ1v) is 6.71. The van der Waals surface area contributed by atoms with Gasteiger partial charge in [-0.15, -0.1) is 11.6 Å². The highest BCUT2D eigenvalue weighted by molar-refractivity contribution is 6.18. The van der Waals surface area contributed by atoms with Crippen LogP contribution in [0.25, 0.3) is 0 Å². The zero-order chi connectivity index (χ0) is 11.0. The molecule has 2 aliphatic rings. The highest BCUT2D eigenvalue weighted by atomic mass is 35.5. The van der Waals surface area contributed by atoms with Crippen LogP contribution in [0.2, 0.25) is 0 Å². The van der Waals surface area contributed by atoms with Crippen molar-refractivity contribution >= 4 is 11.6 Å². The first-order valence-electron chi connectivity index (χ1n) is 6.17. The highest BCUT2D eigenvalue weighted by Crippen LogP contribution is 2.46. The largest absolute Gasteiger partial charge is 0.316 e. The fourth-order valence-electron chi connectivity index (χ4n) is 2.59. The summed E-state index contributed by atoms with van der Waals surface area (Å²) < 4.78 is 0. The topological polar surface area (TPSA) is 12.0 Å². The summed E-state index contributed by atoms with van der Waals surface area (Å²) in [6.45, 7) is 2.23. The summed E-state index contributed by atoms with van der Waals surface area (Å²) in [5, 5.41) is 3.60. The Hall–Kier alpha value is -0.530. The molecule has 0 spiro atoms. The van der Waals surface area contributed by atoms with E-state index in [0.29, 0.717) is 5.41 Å². The molecular weight excluding hydrogens is 218 g/mol. The molecule has 1 aromatic rings. The van der Waals surface area contributed by atoms with Gasteiger partial charge >= 0.3 is 0 Å². The van der Waals surface area contributed by atoms with Crippen molar-refractivity contribution in [2.24, 2.45) is 5.41 Å². The normalized spacial score (nSPS) is 24.7. The SMILES string of the molecule is ClCC1(CNCC2Cc3ccccc32)CC1. The van der Waals surface area contributed by atoms with Crippen LogP contribution < -0.4 is 5.32 Å². The molecule has 0 aliphatic heterocycles. The lowest BCUT2D eigenvalue weighted by Crippen LogP contribution is -2.33. The van der Waals surface area contributed by atoms with E-state index in [0.717, 1.165) is 24.9 Å². The lowest BCUT2D eigenvalue weighted by Gasteiger charge is -2.30. The maximum Gasteiger partial charge on any atom is 0.0292 e. The molecule has 1 nitrogen and oxygen atoms in total. The van der Waals surface area contributed by atoms with Gasteiger partial charge in [0.25, 0.3) is 0 Å². The first kappa shape index (κ1) is 10.6. The lowest BCUT2D eigenvalue weighted by molar-refractivity contribution is 0.464. The third-order valence-corrected chi connectivity index (χ3v) is 4.66. The van der Waals surface area contributed by atoms with Crippen LogP contribution in [0, 0.1) is 5.41 Å². The fraction of sp³-hybridized carbons (Fsp3) is 0.571. The Morgan fingerprint density at radius 2 is 2.12 bits per heavy atom. The molecule has 0 heterocycles. The van der Waals surface area contributed by atoms with Gasteiger partial charge in [0.15, 0.2) is 0 Å². The van der Waals surface area contributed by atoms with Crippen LogP contribution in [0.15, 0.2) is 24.3 Å². The fourth-order valence-corrected chi connectivity index (χ4v) is 2.95. The molecule has 1 saturated carbocycles. The van der Waals surface area contributed by atoms with E-state index in [2.05, 4.69) is 29.6 Å². The van der Waals surface area contributed by atoms with Crippen molar-refractivity contribution in [1.29, 1.82) is 0 Å². The van der Waals surface area contributed by atoms with Crippen molar-refractivity contribution < 1.29 is 0 Å². The minimum absolute atomic E-state index is 0.449. The van der Waals surface area contributed by atoms with Crippen molar-refractivity contribution in [2.45, 2.75) is 25.2 Å². The summed E-state index contributed by atoms with van der Waals surface area (Å²) in [5.41, 5.74) is 3.53. The van der Waals surface area contributed by atoms with Gasteiger partial charge in [0.1, 0.15) is 0 Å². The van der Waals surface area contributed by atoms with Gasteiger partial charge in [0.05, 0.1) is 0 Å². The van der Waals surface area contributed by atoms with E-state index in [9.17, 15) is 0 Å². The number of nitrogens with one attached hydrogen (secondary N) is 1. The van der Waals surface area contributed by atoms with Gasteiger partial charge in [-0.1, -0.05) is 24.3 Å². The number of fused-ring (bicyclic) bond motifs is 1. The van der Waals surface area contributed by atoms with E-state index in [1.165, 1.54) is 24.8 Å². The summed E-state index contributed by atoms with van der Waals surface area (Å²) >= 11 is 5.96. The van der Waals surface area contributed by atoms with Crippen LogP contribution in [-0.2, 0) is 6.42 Å². The van der Waals surface area contributed by atoms with E-state index >= 15 is 0 Å². The van der Waals surface area contributed by atoms with Crippen molar-refractivity contribution in [2.75, 3.05) is 19.0 Å². The van der Waals surface area contributed by atoms with Crippen molar-refractivity contribution in [1.82, 2.24) is 5.32 Å². The Bertz CT molecular complexity index is 384. The van der Waals surface area contributed by atoms with Crippen LogP contribution in [0.5, 0.6) is 0 Å².